The Morgan fingerprint density at radius 3 is 2.78 bits per heavy atom. The van der Waals surface area contributed by atoms with Crippen molar-refractivity contribution in [2.75, 3.05) is 31.8 Å². The second kappa shape index (κ2) is 5.11. The van der Waals surface area contributed by atoms with Crippen LogP contribution in [0.4, 0.5) is 10.9 Å². The van der Waals surface area contributed by atoms with Gasteiger partial charge in [0.05, 0.1) is 5.60 Å². The Morgan fingerprint density at radius 2 is 2.33 bits per heavy atom. The minimum absolute atomic E-state index is 0.180. The zero-order valence-corrected chi connectivity index (χ0v) is 11.4. The highest BCUT2D eigenvalue weighted by molar-refractivity contribution is 7.18. The smallest absolute Gasteiger partial charge is 0.265 e. The summed E-state index contributed by atoms with van der Waals surface area (Å²) in [5.74, 6) is 0.0803. The molecule has 1 saturated carbocycles. The standard InChI is InChI=1S/C11H18N4O2S/c1-13-10-15-8(12)7(18-10)9(16)14-6-11(17-2)4-3-5-11/h3-6,12H2,1-2H3,(H,13,15)(H,14,16). The van der Waals surface area contributed by atoms with E-state index in [1.165, 1.54) is 11.3 Å². The highest BCUT2D eigenvalue weighted by Gasteiger charge is 2.37. The summed E-state index contributed by atoms with van der Waals surface area (Å²) in [4.78, 5) is 16.5. The largest absolute Gasteiger partial charge is 0.382 e. The second-order valence-electron chi connectivity index (χ2n) is 4.41. The Labute approximate surface area is 110 Å². The lowest BCUT2D eigenvalue weighted by Crippen LogP contribution is -2.49. The first-order chi connectivity index (χ1) is 8.60. The number of ether oxygens (including phenoxy) is 1. The fourth-order valence-electron chi connectivity index (χ4n) is 1.95. The van der Waals surface area contributed by atoms with Crippen LogP contribution in [0.15, 0.2) is 0 Å². The maximum absolute atomic E-state index is 12.0. The predicted molar refractivity (Wildman–Crippen MR) is 72.0 cm³/mol. The van der Waals surface area contributed by atoms with Crippen molar-refractivity contribution in [1.29, 1.82) is 0 Å². The number of anilines is 2. The molecule has 1 aromatic rings. The van der Waals surface area contributed by atoms with E-state index in [1.54, 1.807) is 14.2 Å². The number of hydrogen-bond acceptors (Lipinski definition) is 6. The second-order valence-corrected chi connectivity index (χ2v) is 5.41. The fourth-order valence-corrected chi connectivity index (χ4v) is 2.70. The number of carbonyl (C=O) groups excluding carboxylic acids is 1. The summed E-state index contributed by atoms with van der Waals surface area (Å²) in [5.41, 5.74) is 5.52. The van der Waals surface area contributed by atoms with Gasteiger partial charge in [0.25, 0.3) is 5.91 Å². The molecule has 0 bridgehead atoms. The maximum Gasteiger partial charge on any atom is 0.265 e. The molecule has 1 heterocycles. The van der Waals surface area contributed by atoms with Gasteiger partial charge in [-0.15, -0.1) is 0 Å². The predicted octanol–water partition coefficient (Wildman–Crippen LogP) is 1.07. The van der Waals surface area contributed by atoms with Crippen molar-refractivity contribution >= 4 is 28.2 Å². The van der Waals surface area contributed by atoms with E-state index in [0.29, 0.717) is 16.6 Å². The molecule has 1 aliphatic carbocycles. The number of amides is 1. The van der Waals surface area contributed by atoms with Gasteiger partial charge in [-0.05, 0) is 19.3 Å². The molecule has 0 aromatic carbocycles. The third-order valence-corrected chi connectivity index (χ3v) is 4.43. The number of nitrogens with zero attached hydrogens (tertiary/aromatic N) is 1. The third-order valence-electron chi connectivity index (χ3n) is 3.34. The molecule has 2 rings (SSSR count). The number of carbonyl (C=O) groups is 1. The molecule has 1 aromatic heterocycles. The van der Waals surface area contributed by atoms with Gasteiger partial charge in [-0.25, -0.2) is 4.98 Å². The van der Waals surface area contributed by atoms with E-state index in [-0.39, 0.29) is 17.3 Å². The molecule has 4 N–H and O–H groups in total. The van der Waals surface area contributed by atoms with Crippen molar-refractivity contribution in [3.8, 4) is 0 Å². The van der Waals surface area contributed by atoms with Crippen LogP contribution in [0.2, 0.25) is 0 Å². The lowest BCUT2D eigenvalue weighted by atomic mass is 9.80. The molecule has 0 radical (unpaired) electrons. The van der Waals surface area contributed by atoms with Gasteiger partial charge in [0.2, 0.25) is 0 Å². The molecule has 0 atom stereocenters. The van der Waals surface area contributed by atoms with E-state index in [4.69, 9.17) is 10.5 Å². The van der Waals surface area contributed by atoms with E-state index < -0.39 is 0 Å². The van der Waals surface area contributed by atoms with E-state index >= 15 is 0 Å². The molecule has 6 nitrogen and oxygen atoms in total. The fraction of sp³-hybridized carbons (Fsp3) is 0.636. The first-order valence-electron chi connectivity index (χ1n) is 5.87. The molecule has 0 aliphatic heterocycles. The van der Waals surface area contributed by atoms with E-state index in [2.05, 4.69) is 15.6 Å². The summed E-state index contributed by atoms with van der Waals surface area (Å²) >= 11 is 1.25. The van der Waals surface area contributed by atoms with Crippen LogP contribution in [-0.4, -0.2) is 37.2 Å². The van der Waals surface area contributed by atoms with Crippen LogP contribution < -0.4 is 16.4 Å². The van der Waals surface area contributed by atoms with Crippen LogP contribution in [-0.2, 0) is 4.74 Å². The number of aromatic nitrogens is 1. The van der Waals surface area contributed by atoms with Crippen LogP contribution >= 0.6 is 11.3 Å². The van der Waals surface area contributed by atoms with Crippen LogP contribution in [0.3, 0.4) is 0 Å². The van der Waals surface area contributed by atoms with Crippen molar-refractivity contribution in [2.24, 2.45) is 0 Å². The van der Waals surface area contributed by atoms with Gasteiger partial charge < -0.3 is 21.1 Å². The quantitative estimate of drug-likeness (QED) is 0.744. The van der Waals surface area contributed by atoms with Gasteiger partial charge >= 0.3 is 0 Å². The number of methoxy groups -OCH3 is 1. The van der Waals surface area contributed by atoms with Crippen molar-refractivity contribution in [3.63, 3.8) is 0 Å². The minimum atomic E-state index is -0.185. The van der Waals surface area contributed by atoms with Gasteiger partial charge in [0.15, 0.2) is 5.13 Å². The Kier molecular flexibility index (Phi) is 3.72. The highest BCUT2D eigenvalue weighted by atomic mass is 32.1. The molecule has 7 heteroatoms. The normalized spacial score (nSPS) is 17.0. The van der Waals surface area contributed by atoms with Crippen molar-refractivity contribution in [3.05, 3.63) is 4.88 Å². The Hall–Kier alpha value is -1.34. The Balaban J connectivity index is 1.97. The highest BCUT2D eigenvalue weighted by Crippen LogP contribution is 2.34. The van der Waals surface area contributed by atoms with Crippen LogP contribution in [0, 0.1) is 0 Å². The first kappa shape index (κ1) is 13.1. The third kappa shape index (κ3) is 2.41. The molecular weight excluding hydrogens is 252 g/mol. The minimum Gasteiger partial charge on any atom is -0.382 e. The molecule has 0 spiro atoms. The zero-order chi connectivity index (χ0) is 13.2. The van der Waals surface area contributed by atoms with E-state index in [0.717, 1.165) is 19.3 Å². The molecule has 100 valence electrons. The molecule has 1 fully saturated rings. The van der Waals surface area contributed by atoms with Crippen LogP contribution in [0.5, 0.6) is 0 Å². The summed E-state index contributed by atoms with van der Waals surface area (Å²) in [7, 11) is 3.43. The number of nitrogen functional groups attached to an aromatic ring is 1. The topological polar surface area (TPSA) is 89.3 Å². The number of nitrogens with two attached hydrogens (primary N) is 1. The number of hydrogen-bond donors (Lipinski definition) is 3. The summed E-state index contributed by atoms with van der Waals surface area (Å²) in [6.07, 6.45) is 3.13. The van der Waals surface area contributed by atoms with Gasteiger partial charge in [0.1, 0.15) is 10.7 Å². The molecule has 1 aliphatic rings. The van der Waals surface area contributed by atoms with Gasteiger partial charge in [-0.3, -0.25) is 4.79 Å². The monoisotopic (exact) mass is 270 g/mol. The molecule has 1 amide bonds. The van der Waals surface area contributed by atoms with Crippen LogP contribution in [0.25, 0.3) is 0 Å². The SMILES string of the molecule is CNc1nc(N)c(C(=O)NCC2(OC)CCC2)s1. The molecular formula is C11H18N4O2S. The summed E-state index contributed by atoms with van der Waals surface area (Å²) in [5, 5.41) is 6.38. The first-order valence-corrected chi connectivity index (χ1v) is 6.69. The van der Waals surface area contributed by atoms with E-state index in [1.807, 2.05) is 0 Å². The lowest BCUT2D eigenvalue weighted by molar-refractivity contribution is -0.0679. The molecule has 18 heavy (non-hydrogen) atoms. The Bertz CT molecular complexity index is 437. The van der Waals surface area contributed by atoms with Gasteiger partial charge in [-0.2, -0.15) is 0 Å². The molecule has 0 saturated heterocycles. The zero-order valence-electron chi connectivity index (χ0n) is 10.6. The van der Waals surface area contributed by atoms with Crippen molar-refractivity contribution < 1.29 is 9.53 Å². The maximum atomic E-state index is 12.0. The van der Waals surface area contributed by atoms with E-state index in [9.17, 15) is 4.79 Å². The van der Waals surface area contributed by atoms with Crippen molar-refractivity contribution in [2.45, 2.75) is 24.9 Å². The Morgan fingerprint density at radius 1 is 1.61 bits per heavy atom. The van der Waals surface area contributed by atoms with Crippen molar-refractivity contribution in [1.82, 2.24) is 10.3 Å². The summed E-state index contributed by atoms with van der Waals surface area (Å²) < 4.78 is 5.45. The number of thiazole rings is 1. The number of rotatable bonds is 5. The average Bonchev–Trinajstić information content (AvgIpc) is 2.69. The average molecular weight is 270 g/mol. The lowest BCUT2D eigenvalue weighted by Gasteiger charge is -2.40. The summed E-state index contributed by atoms with van der Waals surface area (Å²) in [6.45, 7) is 0.522. The number of nitrogens with one attached hydrogen (secondary N) is 2. The molecule has 0 unspecified atom stereocenters. The van der Waals surface area contributed by atoms with Gasteiger partial charge in [0, 0.05) is 20.7 Å². The van der Waals surface area contributed by atoms with Gasteiger partial charge in [-0.1, -0.05) is 11.3 Å². The van der Waals surface area contributed by atoms with Crippen LogP contribution in [0.1, 0.15) is 28.9 Å². The summed E-state index contributed by atoms with van der Waals surface area (Å²) in [6, 6.07) is 0.